The number of hydrogen-bond acceptors (Lipinski definition) is 1. The lowest BCUT2D eigenvalue weighted by atomic mass is 10.1. The minimum atomic E-state index is -0.228. The van der Waals surface area contributed by atoms with Crippen molar-refractivity contribution in [2.24, 2.45) is 0 Å². The standard InChI is InChI=1S/C12H15FO/c1-2-3-12(14)9-6-10-4-7-11(13)8-5-10/h4-5,7-8H,2-3,6,9H2,1H3. The molecule has 14 heavy (non-hydrogen) atoms. The molecule has 0 aliphatic heterocycles. The Morgan fingerprint density at radius 3 is 2.43 bits per heavy atom. The lowest BCUT2D eigenvalue weighted by Crippen LogP contribution is -1.99. The first-order chi connectivity index (χ1) is 6.72. The highest BCUT2D eigenvalue weighted by molar-refractivity contribution is 5.78. The first-order valence-corrected chi connectivity index (χ1v) is 4.98. The van der Waals surface area contributed by atoms with Crippen LogP contribution in [0.25, 0.3) is 0 Å². The summed E-state index contributed by atoms with van der Waals surface area (Å²) in [6.45, 7) is 2.00. The molecule has 0 spiro atoms. The lowest BCUT2D eigenvalue weighted by Gasteiger charge is -2.00. The summed E-state index contributed by atoms with van der Waals surface area (Å²) in [5, 5.41) is 0. The van der Waals surface area contributed by atoms with Gasteiger partial charge in [-0.2, -0.15) is 0 Å². The Labute approximate surface area is 83.9 Å². The molecule has 0 heterocycles. The van der Waals surface area contributed by atoms with Crippen molar-refractivity contribution in [2.45, 2.75) is 32.6 Å². The van der Waals surface area contributed by atoms with Crippen molar-refractivity contribution in [3.63, 3.8) is 0 Å². The monoisotopic (exact) mass is 194 g/mol. The number of ketones is 1. The maximum atomic E-state index is 12.5. The summed E-state index contributed by atoms with van der Waals surface area (Å²) in [7, 11) is 0. The molecule has 0 bridgehead atoms. The predicted octanol–water partition coefficient (Wildman–Crippen LogP) is 3.13. The van der Waals surface area contributed by atoms with Gasteiger partial charge in [-0.25, -0.2) is 4.39 Å². The van der Waals surface area contributed by atoms with Gasteiger partial charge in [0.25, 0.3) is 0 Å². The number of rotatable bonds is 5. The van der Waals surface area contributed by atoms with Crippen LogP contribution in [0, 0.1) is 5.82 Å². The van der Waals surface area contributed by atoms with Crippen LogP contribution in [0.3, 0.4) is 0 Å². The van der Waals surface area contributed by atoms with Gasteiger partial charge in [0.1, 0.15) is 11.6 Å². The molecule has 0 amide bonds. The fourth-order valence-corrected chi connectivity index (χ4v) is 1.34. The van der Waals surface area contributed by atoms with Gasteiger partial charge in [-0.05, 0) is 30.5 Å². The van der Waals surface area contributed by atoms with Crippen molar-refractivity contribution < 1.29 is 9.18 Å². The Hall–Kier alpha value is -1.18. The van der Waals surface area contributed by atoms with Gasteiger partial charge in [0.2, 0.25) is 0 Å². The van der Waals surface area contributed by atoms with Crippen molar-refractivity contribution in [3.05, 3.63) is 35.6 Å². The Bertz CT molecular complexity index is 290. The topological polar surface area (TPSA) is 17.1 Å². The zero-order valence-electron chi connectivity index (χ0n) is 8.42. The van der Waals surface area contributed by atoms with Crippen LogP contribution in [-0.4, -0.2) is 5.78 Å². The van der Waals surface area contributed by atoms with E-state index in [1.165, 1.54) is 12.1 Å². The van der Waals surface area contributed by atoms with E-state index in [2.05, 4.69) is 0 Å². The number of benzene rings is 1. The smallest absolute Gasteiger partial charge is 0.133 e. The largest absolute Gasteiger partial charge is 0.300 e. The normalized spacial score (nSPS) is 10.1. The van der Waals surface area contributed by atoms with E-state index in [0.717, 1.165) is 18.4 Å². The molecule has 0 N–H and O–H groups in total. The molecule has 0 saturated heterocycles. The van der Waals surface area contributed by atoms with Crippen LogP contribution in [-0.2, 0) is 11.2 Å². The number of aryl methyl sites for hydroxylation is 1. The summed E-state index contributed by atoms with van der Waals surface area (Å²) in [5.74, 6) is 0.0606. The number of carbonyl (C=O) groups excluding carboxylic acids is 1. The lowest BCUT2D eigenvalue weighted by molar-refractivity contribution is -0.119. The highest BCUT2D eigenvalue weighted by atomic mass is 19.1. The van der Waals surface area contributed by atoms with E-state index in [1.54, 1.807) is 12.1 Å². The summed E-state index contributed by atoms with van der Waals surface area (Å²) >= 11 is 0. The molecule has 0 aromatic heterocycles. The molecular formula is C12H15FO. The minimum absolute atomic E-state index is 0.228. The maximum Gasteiger partial charge on any atom is 0.133 e. The van der Waals surface area contributed by atoms with E-state index in [4.69, 9.17) is 0 Å². The SMILES string of the molecule is CCCC(=O)CCc1ccc(F)cc1. The van der Waals surface area contributed by atoms with E-state index >= 15 is 0 Å². The second-order valence-corrected chi connectivity index (χ2v) is 3.42. The molecule has 0 aliphatic carbocycles. The van der Waals surface area contributed by atoms with E-state index < -0.39 is 0 Å². The Kier molecular flexibility index (Phi) is 4.30. The fraction of sp³-hybridized carbons (Fsp3) is 0.417. The summed E-state index contributed by atoms with van der Waals surface area (Å²) in [6.07, 6.45) is 2.85. The van der Waals surface area contributed by atoms with Crippen LogP contribution in [0.2, 0.25) is 0 Å². The summed E-state index contributed by atoms with van der Waals surface area (Å²) in [6, 6.07) is 6.32. The number of Topliss-reactive ketones (excluding diaryl/α,β-unsaturated/α-hetero) is 1. The molecule has 0 saturated carbocycles. The number of hydrogen-bond donors (Lipinski definition) is 0. The predicted molar refractivity (Wildman–Crippen MR) is 54.6 cm³/mol. The summed E-state index contributed by atoms with van der Waals surface area (Å²) in [4.78, 5) is 11.2. The highest BCUT2D eigenvalue weighted by Gasteiger charge is 2.01. The van der Waals surface area contributed by atoms with E-state index in [-0.39, 0.29) is 11.6 Å². The van der Waals surface area contributed by atoms with E-state index in [9.17, 15) is 9.18 Å². The number of carbonyl (C=O) groups is 1. The quantitative estimate of drug-likeness (QED) is 0.703. The molecule has 76 valence electrons. The molecule has 2 heteroatoms. The van der Waals surface area contributed by atoms with Crippen LogP contribution in [0.5, 0.6) is 0 Å². The van der Waals surface area contributed by atoms with Crippen molar-refractivity contribution in [3.8, 4) is 0 Å². The van der Waals surface area contributed by atoms with Crippen LogP contribution in [0.4, 0.5) is 4.39 Å². The van der Waals surface area contributed by atoms with Gasteiger partial charge in [0.05, 0.1) is 0 Å². The molecule has 0 fully saturated rings. The average molecular weight is 194 g/mol. The van der Waals surface area contributed by atoms with Crippen molar-refractivity contribution in [1.29, 1.82) is 0 Å². The molecule has 0 radical (unpaired) electrons. The van der Waals surface area contributed by atoms with Gasteiger partial charge < -0.3 is 0 Å². The van der Waals surface area contributed by atoms with Gasteiger partial charge in [-0.15, -0.1) is 0 Å². The highest BCUT2D eigenvalue weighted by Crippen LogP contribution is 2.06. The van der Waals surface area contributed by atoms with Crippen molar-refractivity contribution in [1.82, 2.24) is 0 Å². The molecule has 0 unspecified atom stereocenters. The molecule has 1 rings (SSSR count). The van der Waals surface area contributed by atoms with Crippen LogP contribution >= 0.6 is 0 Å². The Balaban J connectivity index is 2.38. The third-order valence-electron chi connectivity index (χ3n) is 2.13. The third kappa shape index (κ3) is 3.69. The summed E-state index contributed by atoms with van der Waals surface area (Å²) < 4.78 is 12.5. The van der Waals surface area contributed by atoms with Crippen LogP contribution < -0.4 is 0 Å². The molecular weight excluding hydrogens is 179 g/mol. The molecule has 1 aromatic carbocycles. The zero-order valence-corrected chi connectivity index (χ0v) is 8.42. The third-order valence-corrected chi connectivity index (χ3v) is 2.13. The van der Waals surface area contributed by atoms with Gasteiger partial charge in [0, 0.05) is 12.8 Å². The van der Waals surface area contributed by atoms with Gasteiger partial charge in [-0.3, -0.25) is 4.79 Å². The first-order valence-electron chi connectivity index (χ1n) is 4.98. The van der Waals surface area contributed by atoms with Gasteiger partial charge in [0.15, 0.2) is 0 Å². The molecule has 1 nitrogen and oxygen atoms in total. The minimum Gasteiger partial charge on any atom is -0.300 e. The van der Waals surface area contributed by atoms with Gasteiger partial charge in [-0.1, -0.05) is 19.1 Å². The van der Waals surface area contributed by atoms with Gasteiger partial charge >= 0.3 is 0 Å². The van der Waals surface area contributed by atoms with Crippen LogP contribution in [0.1, 0.15) is 31.7 Å². The fourth-order valence-electron chi connectivity index (χ4n) is 1.34. The van der Waals surface area contributed by atoms with Crippen molar-refractivity contribution >= 4 is 5.78 Å². The average Bonchev–Trinajstić information content (AvgIpc) is 2.17. The summed E-state index contributed by atoms with van der Waals surface area (Å²) in [5.41, 5.74) is 1.02. The zero-order chi connectivity index (χ0) is 10.4. The molecule has 1 aromatic rings. The first kappa shape index (κ1) is 10.9. The van der Waals surface area contributed by atoms with Crippen LogP contribution in [0.15, 0.2) is 24.3 Å². The maximum absolute atomic E-state index is 12.5. The number of halogens is 1. The van der Waals surface area contributed by atoms with E-state index in [0.29, 0.717) is 12.8 Å². The van der Waals surface area contributed by atoms with E-state index in [1.807, 2.05) is 6.92 Å². The Morgan fingerprint density at radius 2 is 1.86 bits per heavy atom. The molecule has 0 atom stereocenters. The Morgan fingerprint density at radius 1 is 1.21 bits per heavy atom. The second-order valence-electron chi connectivity index (χ2n) is 3.42. The molecule has 0 aliphatic rings. The second kappa shape index (κ2) is 5.53. The van der Waals surface area contributed by atoms with Crippen molar-refractivity contribution in [2.75, 3.05) is 0 Å².